The number of ether oxygens (including phenoxy) is 1. The lowest BCUT2D eigenvalue weighted by Crippen LogP contribution is -2.00. The molecule has 0 saturated carbocycles. The van der Waals surface area contributed by atoms with E-state index in [1.807, 2.05) is 0 Å². The van der Waals surface area contributed by atoms with Crippen molar-refractivity contribution < 1.29 is 18.8 Å². The third kappa shape index (κ3) is 3.25. The fourth-order valence-corrected chi connectivity index (χ4v) is 2.06. The van der Waals surface area contributed by atoms with Gasteiger partial charge in [0.1, 0.15) is 5.75 Å². The van der Waals surface area contributed by atoms with Gasteiger partial charge >= 0.3 is 5.69 Å². The van der Waals surface area contributed by atoms with Crippen LogP contribution in [-0.4, -0.2) is 10.7 Å². The monoisotopic (exact) mass is 353 g/mol. The first-order valence-electron chi connectivity index (χ1n) is 5.81. The van der Waals surface area contributed by atoms with Gasteiger partial charge in [-0.2, -0.15) is 0 Å². The van der Waals surface area contributed by atoms with E-state index < -0.39 is 22.2 Å². The molecule has 21 heavy (non-hydrogen) atoms. The molecule has 2 rings (SSSR count). The van der Waals surface area contributed by atoms with Crippen molar-refractivity contribution in [2.24, 2.45) is 0 Å². The van der Waals surface area contributed by atoms with E-state index in [9.17, 15) is 19.3 Å². The molecule has 0 unspecified atom stereocenters. The van der Waals surface area contributed by atoms with Crippen molar-refractivity contribution in [1.29, 1.82) is 0 Å². The number of halogens is 2. The maximum absolute atomic E-state index is 13.8. The summed E-state index contributed by atoms with van der Waals surface area (Å²) in [7, 11) is 0. The van der Waals surface area contributed by atoms with Gasteiger partial charge in [-0.25, -0.2) is 4.39 Å². The summed E-state index contributed by atoms with van der Waals surface area (Å²) in [5, 5.41) is 10.9. The van der Waals surface area contributed by atoms with Crippen molar-refractivity contribution >= 4 is 27.4 Å². The molecule has 108 valence electrons. The summed E-state index contributed by atoms with van der Waals surface area (Å²) in [6.07, 6.45) is 0. The first-order valence-corrected chi connectivity index (χ1v) is 6.60. The number of ketones is 1. The van der Waals surface area contributed by atoms with E-state index in [2.05, 4.69) is 15.9 Å². The van der Waals surface area contributed by atoms with Crippen molar-refractivity contribution in [3.05, 3.63) is 62.4 Å². The van der Waals surface area contributed by atoms with Crippen LogP contribution in [0.15, 0.2) is 40.9 Å². The first kappa shape index (κ1) is 15.1. The van der Waals surface area contributed by atoms with E-state index in [1.165, 1.54) is 25.1 Å². The topological polar surface area (TPSA) is 69.4 Å². The zero-order chi connectivity index (χ0) is 15.6. The predicted molar refractivity (Wildman–Crippen MR) is 77.3 cm³/mol. The highest BCUT2D eigenvalue weighted by Crippen LogP contribution is 2.36. The van der Waals surface area contributed by atoms with Crippen LogP contribution in [0.2, 0.25) is 0 Å². The molecule has 0 saturated heterocycles. The Labute approximate surface area is 127 Å². The van der Waals surface area contributed by atoms with Crippen molar-refractivity contribution in [2.45, 2.75) is 6.92 Å². The van der Waals surface area contributed by atoms with Gasteiger partial charge in [-0.05, 0) is 31.2 Å². The van der Waals surface area contributed by atoms with Gasteiger partial charge in [-0.15, -0.1) is 0 Å². The molecule has 0 N–H and O–H groups in total. The van der Waals surface area contributed by atoms with Crippen molar-refractivity contribution in [3.8, 4) is 11.5 Å². The van der Waals surface area contributed by atoms with E-state index in [0.29, 0.717) is 4.47 Å². The summed E-state index contributed by atoms with van der Waals surface area (Å²) in [4.78, 5) is 21.7. The van der Waals surface area contributed by atoms with Crippen LogP contribution in [0.4, 0.5) is 10.1 Å². The Hall–Kier alpha value is -2.28. The van der Waals surface area contributed by atoms with Crippen LogP contribution >= 0.6 is 15.9 Å². The average molecular weight is 354 g/mol. The van der Waals surface area contributed by atoms with Crippen LogP contribution in [0.25, 0.3) is 0 Å². The van der Waals surface area contributed by atoms with Crippen LogP contribution in [0, 0.1) is 15.9 Å². The molecule has 0 spiro atoms. The molecular weight excluding hydrogens is 345 g/mol. The molecule has 5 nitrogen and oxygen atoms in total. The molecule has 0 aliphatic rings. The first-order chi connectivity index (χ1) is 9.90. The number of para-hydroxylation sites is 1. The Morgan fingerprint density at radius 1 is 1.33 bits per heavy atom. The van der Waals surface area contributed by atoms with E-state index in [1.54, 1.807) is 6.07 Å². The van der Waals surface area contributed by atoms with Gasteiger partial charge in [-0.3, -0.25) is 14.9 Å². The molecular formula is C14H9BrFNO4. The number of nitro benzene ring substituents is 1. The molecule has 0 atom stereocenters. The van der Waals surface area contributed by atoms with Gasteiger partial charge in [0.15, 0.2) is 11.6 Å². The van der Waals surface area contributed by atoms with Gasteiger partial charge in [0.05, 0.1) is 10.5 Å². The number of Topliss-reactive ketones (excluding diaryl/α,β-unsaturated/α-hetero) is 1. The molecule has 0 aliphatic heterocycles. The Bertz CT molecular complexity index is 733. The second-order valence-electron chi connectivity index (χ2n) is 4.14. The number of hydrogen-bond acceptors (Lipinski definition) is 4. The number of rotatable bonds is 4. The quantitative estimate of drug-likeness (QED) is 0.461. The lowest BCUT2D eigenvalue weighted by molar-refractivity contribution is -0.385. The molecule has 0 aromatic heterocycles. The fraction of sp³-hybridized carbons (Fsp3) is 0.0714. The fourth-order valence-electron chi connectivity index (χ4n) is 1.72. The summed E-state index contributed by atoms with van der Waals surface area (Å²) in [5.74, 6) is -1.65. The summed E-state index contributed by atoms with van der Waals surface area (Å²) >= 11 is 3.21. The van der Waals surface area contributed by atoms with Crippen LogP contribution in [0.1, 0.15) is 17.3 Å². The minimum atomic E-state index is -0.876. The third-order valence-corrected chi connectivity index (χ3v) is 3.17. The van der Waals surface area contributed by atoms with Crippen LogP contribution in [-0.2, 0) is 0 Å². The van der Waals surface area contributed by atoms with Crippen LogP contribution in [0.3, 0.4) is 0 Å². The lowest BCUT2D eigenvalue weighted by atomic mass is 10.1. The molecule has 0 radical (unpaired) electrons. The number of carbonyl (C=O) groups is 1. The molecule has 0 aliphatic carbocycles. The minimum Gasteiger partial charge on any atom is -0.446 e. The number of nitro groups is 1. The summed E-state index contributed by atoms with van der Waals surface area (Å²) in [5.41, 5.74) is -0.305. The standard InChI is InChI=1S/C14H9BrFNO4/c1-8(18)10-6-5-9(15)7-13(10)21-14-11(16)3-2-4-12(14)17(19)20/h2-7H,1H3. The van der Waals surface area contributed by atoms with Gasteiger partial charge in [0.2, 0.25) is 5.75 Å². The largest absolute Gasteiger partial charge is 0.446 e. The van der Waals surface area contributed by atoms with E-state index in [4.69, 9.17) is 4.74 Å². The normalized spacial score (nSPS) is 10.2. The molecule has 2 aromatic carbocycles. The Morgan fingerprint density at radius 2 is 2.05 bits per heavy atom. The maximum atomic E-state index is 13.8. The molecule has 0 bridgehead atoms. The predicted octanol–water partition coefficient (Wildman–Crippen LogP) is 4.49. The highest BCUT2D eigenvalue weighted by atomic mass is 79.9. The summed E-state index contributed by atoms with van der Waals surface area (Å²) in [6.45, 7) is 1.33. The Morgan fingerprint density at radius 3 is 2.67 bits per heavy atom. The van der Waals surface area contributed by atoms with Crippen LogP contribution < -0.4 is 4.74 Å². The van der Waals surface area contributed by atoms with Crippen molar-refractivity contribution in [3.63, 3.8) is 0 Å². The highest BCUT2D eigenvalue weighted by molar-refractivity contribution is 9.10. The molecule has 0 amide bonds. The zero-order valence-corrected chi connectivity index (χ0v) is 12.4. The number of hydrogen-bond donors (Lipinski definition) is 0. The molecule has 0 fully saturated rings. The van der Waals surface area contributed by atoms with Gasteiger partial charge in [0.25, 0.3) is 0 Å². The SMILES string of the molecule is CC(=O)c1ccc(Br)cc1Oc1c(F)cccc1[N+](=O)[O-]. The van der Waals surface area contributed by atoms with E-state index in [-0.39, 0.29) is 17.1 Å². The zero-order valence-electron chi connectivity index (χ0n) is 10.8. The summed E-state index contributed by atoms with van der Waals surface area (Å²) < 4.78 is 19.7. The smallest absolute Gasteiger partial charge is 0.314 e. The summed E-state index contributed by atoms with van der Waals surface area (Å²) in [6, 6.07) is 7.96. The van der Waals surface area contributed by atoms with E-state index >= 15 is 0 Å². The third-order valence-electron chi connectivity index (χ3n) is 2.68. The second kappa shape index (κ2) is 6.01. The van der Waals surface area contributed by atoms with Gasteiger partial charge < -0.3 is 4.74 Å². The Balaban J connectivity index is 2.55. The van der Waals surface area contributed by atoms with Crippen molar-refractivity contribution in [2.75, 3.05) is 0 Å². The number of carbonyl (C=O) groups excluding carboxylic acids is 1. The number of benzene rings is 2. The molecule has 0 heterocycles. The van der Waals surface area contributed by atoms with E-state index in [0.717, 1.165) is 12.1 Å². The minimum absolute atomic E-state index is 0.0464. The average Bonchev–Trinajstić information content (AvgIpc) is 2.40. The van der Waals surface area contributed by atoms with Gasteiger partial charge in [0, 0.05) is 10.5 Å². The maximum Gasteiger partial charge on any atom is 0.314 e. The second-order valence-corrected chi connectivity index (χ2v) is 5.06. The molecule has 2 aromatic rings. The van der Waals surface area contributed by atoms with Crippen molar-refractivity contribution in [1.82, 2.24) is 0 Å². The number of nitrogens with zero attached hydrogens (tertiary/aromatic N) is 1. The lowest BCUT2D eigenvalue weighted by Gasteiger charge is -2.10. The molecule has 7 heteroatoms. The van der Waals surface area contributed by atoms with Gasteiger partial charge in [-0.1, -0.05) is 22.0 Å². The highest BCUT2D eigenvalue weighted by Gasteiger charge is 2.22. The Kier molecular flexibility index (Phi) is 4.32. The van der Waals surface area contributed by atoms with Crippen LogP contribution in [0.5, 0.6) is 11.5 Å².